The summed E-state index contributed by atoms with van der Waals surface area (Å²) in [7, 11) is 0. The average molecular weight is 298 g/mol. The highest BCUT2D eigenvalue weighted by Crippen LogP contribution is 2.35. The minimum absolute atomic E-state index is 0.00683. The molecule has 1 rings (SSSR count). The molecule has 0 aromatic heterocycles. The Hall–Kier alpha value is -1.26. The Morgan fingerprint density at radius 1 is 1.24 bits per heavy atom. The Kier molecular flexibility index (Phi) is 6.99. The van der Waals surface area contributed by atoms with Crippen molar-refractivity contribution in [1.29, 1.82) is 0 Å². The van der Waals surface area contributed by atoms with Gasteiger partial charge >= 0.3 is 12.0 Å². The molecule has 21 heavy (non-hydrogen) atoms. The molecule has 5 nitrogen and oxygen atoms in total. The second-order valence-electron chi connectivity index (χ2n) is 6.08. The fourth-order valence-corrected chi connectivity index (χ4v) is 3.20. The summed E-state index contributed by atoms with van der Waals surface area (Å²) in [6.07, 6.45) is 4.99. The molecule has 0 aromatic carbocycles. The number of aliphatic carboxylic acids is 1. The lowest BCUT2D eigenvalue weighted by Crippen LogP contribution is -2.53. The topological polar surface area (TPSA) is 60.9 Å². The second-order valence-corrected chi connectivity index (χ2v) is 6.08. The molecule has 0 radical (unpaired) electrons. The zero-order valence-electron chi connectivity index (χ0n) is 13.7. The zero-order valence-corrected chi connectivity index (χ0v) is 13.7. The highest BCUT2D eigenvalue weighted by molar-refractivity contribution is 5.79. The van der Waals surface area contributed by atoms with Gasteiger partial charge in [0.25, 0.3) is 0 Å². The lowest BCUT2D eigenvalue weighted by molar-refractivity contribution is -0.152. The maximum atomic E-state index is 12.6. The summed E-state index contributed by atoms with van der Waals surface area (Å²) < 4.78 is 0. The van der Waals surface area contributed by atoms with E-state index in [4.69, 9.17) is 0 Å². The van der Waals surface area contributed by atoms with Crippen LogP contribution in [0.25, 0.3) is 0 Å². The predicted octanol–water partition coefficient (Wildman–Crippen LogP) is 3.20. The molecule has 0 aromatic rings. The quantitative estimate of drug-likeness (QED) is 0.785. The number of hydrogen-bond acceptors (Lipinski definition) is 2. The minimum atomic E-state index is -0.751. The molecule has 1 unspecified atom stereocenters. The van der Waals surface area contributed by atoms with Crippen LogP contribution in [0.5, 0.6) is 0 Å². The van der Waals surface area contributed by atoms with E-state index in [1.165, 1.54) is 0 Å². The molecule has 1 fully saturated rings. The van der Waals surface area contributed by atoms with Crippen LogP contribution in [0.1, 0.15) is 59.3 Å². The van der Waals surface area contributed by atoms with Crippen molar-refractivity contribution in [1.82, 2.24) is 9.80 Å². The number of carbonyl (C=O) groups excluding carboxylic acids is 1. The number of amides is 2. The number of urea groups is 1. The van der Waals surface area contributed by atoms with Gasteiger partial charge in [-0.1, -0.05) is 26.7 Å². The summed E-state index contributed by atoms with van der Waals surface area (Å²) in [5.41, 5.74) is -0.743. The van der Waals surface area contributed by atoms with Crippen LogP contribution >= 0.6 is 0 Å². The Bertz CT molecular complexity index is 355. The van der Waals surface area contributed by atoms with Crippen LogP contribution in [0.4, 0.5) is 4.79 Å². The highest BCUT2D eigenvalue weighted by Gasteiger charge is 2.43. The van der Waals surface area contributed by atoms with E-state index in [2.05, 4.69) is 6.92 Å². The van der Waals surface area contributed by atoms with Crippen molar-refractivity contribution < 1.29 is 14.7 Å². The third-order valence-corrected chi connectivity index (χ3v) is 4.46. The van der Waals surface area contributed by atoms with E-state index in [0.29, 0.717) is 32.5 Å². The Morgan fingerprint density at radius 3 is 2.48 bits per heavy atom. The van der Waals surface area contributed by atoms with E-state index < -0.39 is 11.4 Å². The first-order valence-electron chi connectivity index (χ1n) is 8.28. The van der Waals surface area contributed by atoms with Gasteiger partial charge in [0.05, 0.1) is 5.41 Å². The van der Waals surface area contributed by atoms with Crippen LogP contribution in [0.15, 0.2) is 0 Å². The van der Waals surface area contributed by atoms with Crippen LogP contribution in [0, 0.1) is 5.41 Å². The smallest absolute Gasteiger partial charge is 0.320 e. The van der Waals surface area contributed by atoms with Crippen LogP contribution in [-0.4, -0.2) is 53.1 Å². The largest absolute Gasteiger partial charge is 0.481 e. The summed E-state index contributed by atoms with van der Waals surface area (Å²) >= 11 is 0. The number of carboxylic acid groups (broad SMARTS) is 1. The first-order valence-corrected chi connectivity index (χ1v) is 8.28. The van der Waals surface area contributed by atoms with Crippen LogP contribution in [-0.2, 0) is 4.79 Å². The number of rotatable bonds is 7. The monoisotopic (exact) mass is 298 g/mol. The molecule has 1 atom stereocenters. The van der Waals surface area contributed by atoms with Crippen LogP contribution in [0.2, 0.25) is 0 Å². The van der Waals surface area contributed by atoms with Crippen molar-refractivity contribution in [2.24, 2.45) is 5.41 Å². The van der Waals surface area contributed by atoms with Crippen LogP contribution < -0.4 is 0 Å². The number of likely N-dealkylation sites (tertiary alicyclic amines) is 1. The van der Waals surface area contributed by atoms with Gasteiger partial charge in [-0.2, -0.15) is 0 Å². The lowest BCUT2D eigenvalue weighted by Gasteiger charge is -2.41. The molecule has 2 amide bonds. The van der Waals surface area contributed by atoms with Gasteiger partial charge in [0.2, 0.25) is 0 Å². The summed E-state index contributed by atoms with van der Waals surface area (Å²) in [5, 5.41) is 9.61. The number of hydrogen-bond donors (Lipinski definition) is 1. The molecule has 1 aliphatic heterocycles. The standard InChI is InChI=1S/C16H30N2O3/c1-4-7-11-17(6-3)15(21)18-12-8-10-16(13-18,9-5-2)14(19)20/h4-13H2,1-3H3,(H,19,20). The summed E-state index contributed by atoms with van der Waals surface area (Å²) in [4.78, 5) is 27.9. The average Bonchev–Trinajstić information content (AvgIpc) is 2.48. The number of carboxylic acids is 1. The van der Waals surface area contributed by atoms with Crippen LogP contribution in [0.3, 0.4) is 0 Å². The first kappa shape index (κ1) is 17.8. The molecular weight excluding hydrogens is 268 g/mol. The third kappa shape index (κ3) is 4.35. The van der Waals surface area contributed by atoms with Gasteiger partial charge in [-0.05, 0) is 32.6 Å². The molecular formula is C16H30N2O3. The van der Waals surface area contributed by atoms with Gasteiger partial charge in [0.15, 0.2) is 0 Å². The van der Waals surface area contributed by atoms with E-state index in [1.54, 1.807) is 4.90 Å². The number of carbonyl (C=O) groups is 2. The Balaban J connectivity index is 2.77. The lowest BCUT2D eigenvalue weighted by atomic mass is 9.76. The van der Waals surface area contributed by atoms with E-state index in [9.17, 15) is 14.7 Å². The van der Waals surface area contributed by atoms with Gasteiger partial charge in [0, 0.05) is 26.2 Å². The normalized spacial score (nSPS) is 22.1. The maximum absolute atomic E-state index is 12.6. The molecule has 5 heteroatoms. The van der Waals surface area contributed by atoms with Crippen molar-refractivity contribution in [2.45, 2.75) is 59.3 Å². The van der Waals surface area contributed by atoms with E-state index >= 15 is 0 Å². The zero-order chi connectivity index (χ0) is 15.9. The van der Waals surface area contributed by atoms with Crippen molar-refractivity contribution >= 4 is 12.0 Å². The molecule has 1 heterocycles. The summed E-state index contributed by atoms with van der Waals surface area (Å²) in [5.74, 6) is -0.751. The van der Waals surface area contributed by atoms with Gasteiger partial charge in [0.1, 0.15) is 0 Å². The predicted molar refractivity (Wildman–Crippen MR) is 83.3 cm³/mol. The van der Waals surface area contributed by atoms with E-state index in [-0.39, 0.29) is 6.03 Å². The summed E-state index contributed by atoms with van der Waals surface area (Å²) in [6, 6.07) is 0.00683. The Labute approximate surface area is 128 Å². The molecule has 0 spiro atoms. The molecule has 1 saturated heterocycles. The molecule has 0 bridgehead atoms. The number of unbranched alkanes of at least 4 members (excludes halogenated alkanes) is 1. The molecule has 0 aliphatic carbocycles. The van der Waals surface area contributed by atoms with Gasteiger partial charge < -0.3 is 14.9 Å². The van der Waals surface area contributed by atoms with Gasteiger partial charge in [-0.3, -0.25) is 4.79 Å². The van der Waals surface area contributed by atoms with E-state index in [0.717, 1.165) is 32.2 Å². The molecule has 1 N–H and O–H groups in total. The first-order chi connectivity index (χ1) is 10.0. The molecule has 0 saturated carbocycles. The number of nitrogens with zero attached hydrogens (tertiary/aromatic N) is 2. The Morgan fingerprint density at radius 2 is 1.95 bits per heavy atom. The maximum Gasteiger partial charge on any atom is 0.320 e. The summed E-state index contributed by atoms with van der Waals surface area (Å²) in [6.45, 7) is 8.58. The van der Waals surface area contributed by atoms with Gasteiger partial charge in [-0.25, -0.2) is 4.79 Å². The van der Waals surface area contributed by atoms with E-state index in [1.807, 2.05) is 18.7 Å². The van der Waals surface area contributed by atoms with Crippen molar-refractivity contribution in [3.05, 3.63) is 0 Å². The minimum Gasteiger partial charge on any atom is -0.481 e. The SMILES string of the molecule is CCCCN(CC)C(=O)N1CCCC(CCC)(C(=O)O)C1. The molecule has 122 valence electrons. The van der Waals surface area contributed by atoms with Crippen molar-refractivity contribution in [2.75, 3.05) is 26.2 Å². The third-order valence-electron chi connectivity index (χ3n) is 4.46. The van der Waals surface area contributed by atoms with Gasteiger partial charge in [-0.15, -0.1) is 0 Å². The van der Waals surface area contributed by atoms with Crippen molar-refractivity contribution in [3.63, 3.8) is 0 Å². The fourth-order valence-electron chi connectivity index (χ4n) is 3.20. The van der Waals surface area contributed by atoms with Crippen molar-refractivity contribution in [3.8, 4) is 0 Å². The molecule has 1 aliphatic rings. The second kappa shape index (κ2) is 8.25. The number of piperidine rings is 1. The highest BCUT2D eigenvalue weighted by atomic mass is 16.4. The fraction of sp³-hybridized carbons (Fsp3) is 0.875.